The van der Waals surface area contributed by atoms with Crippen molar-refractivity contribution in [2.75, 3.05) is 26.3 Å². The molecule has 0 unspecified atom stereocenters. The number of Topliss-reactive ketones (excluding diaryl/α,β-unsaturated/α-hetero) is 1. The fourth-order valence-electron chi connectivity index (χ4n) is 6.71. The van der Waals surface area contributed by atoms with Crippen LogP contribution in [0.5, 0.6) is 5.88 Å². The number of allylic oxidation sites excluding steroid dienone is 2. The fraction of sp³-hybridized carbons (Fsp3) is 0.741. The van der Waals surface area contributed by atoms with Gasteiger partial charge in [-0.3, -0.25) is 4.90 Å². The molecule has 1 aromatic heterocycles. The number of aromatic nitrogens is 2. The molecule has 0 N–H and O–H groups in total. The van der Waals surface area contributed by atoms with E-state index < -0.39 is 0 Å². The molecular formula is C27H39N3O3. The molecule has 33 heavy (non-hydrogen) atoms. The van der Waals surface area contributed by atoms with Crippen LogP contribution in [0.25, 0.3) is 5.57 Å². The van der Waals surface area contributed by atoms with E-state index in [-0.39, 0.29) is 28.6 Å². The number of carbonyl (C=O) groups excluding carboxylic acids is 1. The van der Waals surface area contributed by atoms with Gasteiger partial charge in [0.1, 0.15) is 18.2 Å². The molecule has 0 bridgehead atoms. The zero-order valence-electron chi connectivity index (χ0n) is 20.9. The molecule has 2 fully saturated rings. The van der Waals surface area contributed by atoms with Crippen LogP contribution < -0.4 is 4.74 Å². The van der Waals surface area contributed by atoms with Crippen molar-refractivity contribution in [1.82, 2.24) is 14.9 Å². The van der Waals surface area contributed by atoms with Gasteiger partial charge in [0.25, 0.3) is 0 Å². The van der Waals surface area contributed by atoms with Gasteiger partial charge in [0.2, 0.25) is 5.88 Å². The van der Waals surface area contributed by atoms with Crippen molar-refractivity contribution in [2.45, 2.75) is 85.3 Å². The molecule has 4 aliphatic rings. The molecule has 6 nitrogen and oxygen atoms in total. The molecule has 1 saturated heterocycles. The summed E-state index contributed by atoms with van der Waals surface area (Å²) in [4.78, 5) is 24.2. The third-order valence-electron chi connectivity index (χ3n) is 9.39. The lowest BCUT2D eigenvalue weighted by molar-refractivity contribution is -0.118. The zero-order chi connectivity index (χ0) is 23.4. The molecule has 1 atom stereocenters. The number of nitrogens with zero attached hydrogens (tertiary/aromatic N) is 3. The minimum atomic E-state index is -0.00957. The van der Waals surface area contributed by atoms with Crippen LogP contribution in [0.4, 0.5) is 0 Å². The van der Waals surface area contributed by atoms with Crippen molar-refractivity contribution in [3.05, 3.63) is 23.2 Å². The Labute approximate surface area is 198 Å². The van der Waals surface area contributed by atoms with Crippen LogP contribution in [-0.2, 0) is 16.0 Å². The Kier molecular flexibility index (Phi) is 5.89. The molecule has 2 heterocycles. The summed E-state index contributed by atoms with van der Waals surface area (Å²) in [5.41, 5.74) is 4.88. The number of morpholine rings is 1. The maximum absolute atomic E-state index is 12.3. The highest BCUT2D eigenvalue weighted by Crippen LogP contribution is 2.66. The second kappa shape index (κ2) is 8.46. The molecule has 180 valence electrons. The number of ketones is 1. The Morgan fingerprint density at radius 2 is 1.82 bits per heavy atom. The fourth-order valence-corrected chi connectivity index (χ4v) is 6.71. The smallest absolute Gasteiger partial charge is 0.224 e. The summed E-state index contributed by atoms with van der Waals surface area (Å²) in [7, 11) is 0. The van der Waals surface area contributed by atoms with Crippen molar-refractivity contribution < 1.29 is 14.3 Å². The summed E-state index contributed by atoms with van der Waals surface area (Å²) in [6.45, 7) is 14.8. The molecule has 1 aliphatic heterocycles. The average molecular weight is 454 g/mol. The normalized spacial score (nSPS) is 30.8. The Morgan fingerprint density at radius 1 is 1.12 bits per heavy atom. The molecular weight excluding hydrogens is 414 g/mol. The Hall–Kier alpha value is -1.79. The van der Waals surface area contributed by atoms with Crippen molar-refractivity contribution in [3.63, 3.8) is 0 Å². The van der Waals surface area contributed by atoms with E-state index in [1.165, 1.54) is 24.0 Å². The highest BCUT2D eigenvalue weighted by Gasteiger charge is 2.56. The molecule has 3 aliphatic carbocycles. The lowest BCUT2D eigenvalue weighted by atomic mass is 9.62. The van der Waals surface area contributed by atoms with Crippen molar-refractivity contribution in [2.24, 2.45) is 16.7 Å². The van der Waals surface area contributed by atoms with Crippen LogP contribution in [0, 0.1) is 16.7 Å². The number of carbonyl (C=O) groups is 1. The van der Waals surface area contributed by atoms with Crippen molar-refractivity contribution in [1.29, 1.82) is 0 Å². The second-order valence-electron chi connectivity index (χ2n) is 11.6. The summed E-state index contributed by atoms with van der Waals surface area (Å²) < 4.78 is 12.1. The molecule has 0 radical (unpaired) electrons. The van der Waals surface area contributed by atoms with Crippen LogP contribution in [0.3, 0.4) is 0 Å². The lowest BCUT2D eigenvalue weighted by Crippen LogP contribution is -2.46. The van der Waals surface area contributed by atoms with Crippen LogP contribution in [-0.4, -0.2) is 59.1 Å². The monoisotopic (exact) mass is 453 g/mol. The van der Waals surface area contributed by atoms with E-state index in [9.17, 15) is 4.79 Å². The number of hydrogen-bond donors (Lipinski definition) is 0. The molecule has 0 aromatic carbocycles. The Bertz CT molecular complexity index is 953. The van der Waals surface area contributed by atoms with Crippen molar-refractivity contribution in [3.8, 4) is 5.88 Å². The Morgan fingerprint density at radius 3 is 2.48 bits per heavy atom. The summed E-state index contributed by atoms with van der Waals surface area (Å²) in [5.74, 6) is 1.15. The summed E-state index contributed by atoms with van der Waals surface area (Å²) in [5, 5.41) is 0. The SMILES string of the molecule is CC(=O)C[C@@H]1C2=C(Cc3ncnc(OC4CCC(N5CCOCC5)CC4)c32)C(C)(C)C1(C)C. The summed E-state index contributed by atoms with van der Waals surface area (Å²) >= 11 is 0. The first-order valence-electron chi connectivity index (χ1n) is 12.8. The van der Waals surface area contributed by atoms with Gasteiger partial charge in [0.15, 0.2) is 0 Å². The lowest BCUT2D eigenvalue weighted by Gasteiger charge is -2.42. The average Bonchev–Trinajstić information content (AvgIpc) is 3.24. The third kappa shape index (κ3) is 3.83. The first-order valence-corrected chi connectivity index (χ1v) is 12.8. The summed E-state index contributed by atoms with van der Waals surface area (Å²) in [6.07, 6.45) is 7.71. The highest BCUT2D eigenvalue weighted by atomic mass is 16.5. The maximum atomic E-state index is 12.3. The molecule has 0 spiro atoms. The van der Waals surface area contributed by atoms with Gasteiger partial charge in [0.05, 0.1) is 24.5 Å². The maximum Gasteiger partial charge on any atom is 0.224 e. The molecule has 1 saturated carbocycles. The minimum absolute atomic E-state index is 0.00334. The van der Waals surface area contributed by atoms with Gasteiger partial charge >= 0.3 is 0 Å². The zero-order valence-corrected chi connectivity index (χ0v) is 20.9. The molecule has 1 aromatic rings. The number of rotatable bonds is 5. The minimum Gasteiger partial charge on any atom is -0.474 e. The quantitative estimate of drug-likeness (QED) is 0.655. The predicted octanol–water partition coefficient (Wildman–Crippen LogP) is 4.47. The van der Waals surface area contributed by atoms with E-state index in [0.717, 1.165) is 62.7 Å². The van der Waals surface area contributed by atoms with Gasteiger partial charge < -0.3 is 14.3 Å². The van der Waals surface area contributed by atoms with Gasteiger partial charge in [-0.25, -0.2) is 9.97 Å². The second-order valence-corrected chi connectivity index (χ2v) is 11.6. The van der Waals surface area contributed by atoms with Crippen LogP contribution in [0.1, 0.15) is 78.0 Å². The van der Waals surface area contributed by atoms with Gasteiger partial charge in [-0.2, -0.15) is 0 Å². The molecule has 5 rings (SSSR count). The van der Waals surface area contributed by atoms with E-state index >= 15 is 0 Å². The van der Waals surface area contributed by atoms with Crippen LogP contribution in [0.15, 0.2) is 11.9 Å². The van der Waals surface area contributed by atoms with E-state index in [1.807, 2.05) is 0 Å². The molecule has 0 amide bonds. The summed E-state index contributed by atoms with van der Waals surface area (Å²) in [6, 6.07) is 0.649. The predicted molar refractivity (Wildman–Crippen MR) is 128 cm³/mol. The first-order chi connectivity index (χ1) is 15.7. The largest absolute Gasteiger partial charge is 0.474 e. The number of ether oxygens (including phenoxy) is 2. The van der Waals surface area contributed by atoms with Gasteiger partial charge in [-0.05, 0) is 54.9 Å². The van der Waals surface area contributed by atoms with E-state index in [0.29, 0.717) is 12.5 Å². The van der Waals surface area contributed by atoms with Crippen LogP contribution in [0.2, 0.25) is 0 Å². The number of fused-ring (bicyclic) bond motifs is 2. The first kappa shape index (κ1) is 23.0. The van der Waals surface area contributed by atoms with Gasteiger partial charge in [-0.15, -0.1) is 0 Å². The van der Waals surface area contributed by atoms with E-state index in [2.05, 4.69) is 42.6 Å². The van der Waals surface area contributed by atoms with E-state index in [4.69, 9.17) is 9.47 Å². The Balaban J connectivity index is 1.38. The standard InChI is InChI=1S/C27H39N3O3/c1-17(31)14-20-23-21(27(4,5)26(20,2)3)15-22-24(23)25(29-16-28-22)33-19-8-6-18(7-9-19)30-10-12-32-13-11-30/h16,18-20H,6-15H2,1-5H3/t18?,19?,20-/m1/s1. The van der Waals surface area contributed by atoms with Gasteiger partial charge in [0, 0.05) is 32.0 Å². The number of hydrogen-bond acceptors (Lipinski definition) is 6. The topological polar surface area (TPSA) is 64.5 Å². The molecule has 6 heteroatoms. The van der Waals surface area contributed by atoms with E-state index in [1.54, 1.807) is 13.3 Å². The van der Waals surface area contributed by atoms with Gasteiger partial charge in [-0.1, -0.05) is 33.3 Å². The van der Waals surface area contributed by atoms with Crippen molar-refractivity contribution >= 4 is 11.4 Å². The highest BCUT2D eigenvalue weighted by molar-refractivity contribution is 5.87. The van der Waals surface area contributed by atoms with Crippen LogP contribution >= 0.6 is 0 Å². The third-order valence-corrected chi connectivity index (χ3v) is 9.39.